The lowest BCUT2D eigenvalue weighted by atomic mass is 10.1. The van der Waals surface area contributed by atoms with E-state index in [1.807, 2.05) is 32.6 Å². The maximum atomic E-state index is 12.4. The van der Waals surface area contributed by atoms with Crippen LogP contribution in [-0.2, 0) is 9.53 Å². The van der Waals surface area contributed by atoms with E-state index in [9.17, 15) is 9.59 Å². The molecule has 2 saturated heterocycles. The SMILES string of the molecule is CC1CC(=O)N(C[C@H]2CN(C(=O)OC(C)(C)C)[C@H](C)CN2C)C1. The van der Waals surface area contributed by atoms with Crippen LogP contribution in [0.5, 0.6) is 0 Å². The van der Waals surface area contributed by atoms with E-state index < -0.39 is 5.60 Å². The van der Waals surface area contributed by atoms with E-state index in [4.69, 9.17) is 4.74 Å². The van der Waals surface area contributed by atoms with Crippen molar-refractivity contribution in [1.82, 2.24) is 14.7 Å². The largest absolute Gasteiger partial charge is 0.444 e. The molecular weight excluding hydrogens is 294 g/mol. The molecule has 0 N–H and O–H groups in total. The molecule has 0 aromatic heterocycles. The van der Waals surface area contributed by atoms with Crippen LogP contribution in [0.2, 0.25) is 0 Å². The predicted molar refractivity (Wildman–Crippen MR) is 89.2 cm³/mol. The van der Waals surface area contributed by atoms with E-state index in [-0.39, 0.29) is 24.1 Å². The zero-order valence-corrected chi connectivity index (χ0v) is 15.3. The fraction of sp³-hybridized carbons (Fsp3) is 0.882. The Morgan fingerprint density at radius 2 is 1.87 bits per heavy atom. The summed E-state index contributed by atoms with van der Waals surface area (Å²) in [4.78, 5) is 30.5. The van der Waals surface area contributed by atoms with E-state index in [1.165, 1.54) is 0 Å². The molecule has 2 amide bonds. The Balaban J connectivity index is 2.01. The molecule has 2 aliphatic heterocycles. The first-order valence-corrected chi connectivity index (χ1v) is 8.54. The standard InChI is InChI=1S/C17H31N3O3/c1-12-7-15(21)19(8-12)10-14-11-20(13(2)9-18(14)6)16(22)23-17(3,4)5/h12-14H,7-11H2,1-6H3/t12?,13-,14+/m1/s1. The third kappa shape index (κ3) is 4.59. The number of likely N-dealkylation sites (tertiary alicyclic amines) is 1. The molecule has 3 atom stereocenters. The Morgan fingerprint density at radius 3 is 2.39 bits per heavy atom. The number of ether oxygens (including phenoxy) is 1. The van der Waals surface area contributed by atoms with Gasteiger partial charge in [-0.2, -0.15) is 0 Å². The average molecular weight is 325 g/mol. The van der Waals surface area contributed by atoms with Crippen LogP contribution >= 0.6 is 0 Å². The fourth-order valence-electron chi connectivity index (χ4n) is 3.38. The summed E-state index contributed by atoms with van der Waals surface area (Å²) in [5.41, 5.74) is -0.490. The second-order valence-corrected chi connectivity index (χ2v) is 8.18. The van der Waals surface area contributed by atoms with Crippen molar-refractivity contribution in [3.63, 3.8) is 0 Å². The van der Waals surface area contributed by atoms with Gasteiger partial charge >= 0.3 is 6.09 Å². The van der Waals surface area contributed by atoms with Crippen LogP contribution in [0.3, 0.4) is 0 Å². The summed E-state index contributed by atoms with van der Waals surface area (Å²) in [6.07, 6.45) is 0.382. The molecule has 0 spiro atoms. The summed E-state index contributed by atoms with van der Waals surface area (Å²) in [5, 5.41) is 0. The number of likely N-dealkylation sites (N-methyl/N-ethyl adjacent to an activating group) is 1. The highest BCUT2D eigenvalue weighted by Gasteiger charge is 2.37. The molecule has 2 aliphatic rings. The van der Waals surface area contributed by atoms with E-state index >= 15 is 0 Å². The molecule has 23 heavy (non-hydrogen) atoms. The van der Waals surface area contributed by atoms with Crippen LogP contribution in [0.25, 0.3) is 0 Å². The number of amides is 2. The molecule has 1 unspecified atom stereocenters. The summed E-state index contributed by atoms with van der Waals surface area (Å²) in [7, 11) is 2.07. The minimum atomic E-state index is -0.490. The molecule has 2 fully saturated rings. The minimum Gasteiger partial charge on any atom is -0.444 e. The van der Waals surface area contributed by atoms with Crippen LogP contribution in [0.15, 0.2) is 0 Å². The normalized spacial score (nSPS) is 30.0. The first-order valence-electron chi connectivity index (χ1n) is 8.54. The van der Waals surface area contributed by atoms with Gasteiger partial charge in [0.05, 0.1) is 0 Å². The van der Waals surface area contributed by atoms with Crippen molar-refractivity contribution >= 4 is 12.0 Å². The van der Waals surface area contributed by atoms with Gasteiger partial charge in [-0.15, -0.1) is 0 Å². The predicted octanol–water partition coefficient (Wildman–Crippen LogP) is 1.79. The smallest absolute Gasteiger partial charge is 0.410 e. The summed E-state index contributed by atoms with van der Waals surface area (Å²) >= 11 is 0. The van der Waals surface area contributed by atoms with Crippen molar-refractivity contribution in [1.29, 1.82) is 0 Å². The van der Waals surface area contributed by atoms with E-state index in [1.54, 1.807) is 4.90 Å². The molecule has 6 heteroatoms. The lowest BCUT2D eigenvalue weighted by Crippen LogP contribution is -2.61. The van der Waals surface area contributed by atoms with Crippen LogP contribution < -0.4 is 0 Å². The monoisotopic (exact) mass is 325 g/mol. The van der Waals surface area contributed by atoms with Gasteiger partial charge in [0, 0.05) is 44.7 Å². The molecule has 132 valence electrons. The number of nitrogens with zero attached hydrogens (tertiary/aromatic N) is 3. The molecule has 0 aromatic carbocycles. The van der Waals surface area contributed by atoms with Crippen molar-refractivity contribution in [2.24, 2.45) is 5.92 Å². The van der Waals surface area contributed by atoms with Gasteiger partial charge in [0.25, 0.3) is 0 Å². The maximum Gasteiger partial charge on any atom is 0.410 e. The van der Waals surface area contributed by atoms with E-state index in [2.05, 4.69) is 18.9 Å². The maximum absolute atomic E-state index is 12.4. The summed E-state index contributed by atoms with van der Waals surface area (Å²) in [6.45, 7) is 12.7. The fourth-order valence-corrected chi connectivity index (χ4v) is 3.38. The van der Waals surface area contributed by atoms with Crippen molar-refractivity contribution in [3.05, 3.63) is 0 Å². The zero-order chi connectivity index (χ0) is 17.4. The second kappa shape index (κ2) is 6.67. The number of piperazine rings is 1. The zero-order valence-electron chi connectivity index (χ0n) is 15.3. The molecule has 2 rings (SSSR count). The highest BCUT2D eigenvalue weighted by Crippen LogP contribution is 2.22. The van der Waals surface area contributed by atoms with Crippen LogP contribution in [0.1, 0.15) is 41.0 Å². The quantitative estimate of drug-likeness (QED) is 0.777. The van der Waals surface area contributed by atoms with Crippen LogP contribution in [-0.4, -0.2) is 77.6 Å². The molecule has 2 heterocycles. The first kappa shape index (κ1) is 18.0. The molecule has 0 aromatic rings. The number of hydrogen-bond acceptors (Lipinski definition) is 4. The molecule has 0 aliphatic carbocycles. The topological polar surface area (TPSA) is 53.1 Å². The first-order chi connectivity index (χ1) is 10.6. The third-order valence-corrected chi connectivity index (χ3v) is 4.58. The van der Waals surface area contributed by atoms with Crippen molar-refractivity contribution < 1.29 is 14.3 Å². The van der Waals surface area contributed by atoms with Gasteiger partial charge in [0.2, 0.25) is 5.91 Å². The van der Waals surface area contributed by atoms with E-state index in [0.29, 0.717) is 25.4 Å². The van der Waals surface area contributed by atoms with Gasteiger partial charge in [0.1, 0.15) is 5.60 Å². The molecule has 6 nitrogen and oxygen atoms in total. The van der Waals surface area contributed by atoms with Gasteiger partial charge in [-0.3, -0.25) is 9.69 Å². The Bertz CT molecular complexity index is 460. The minimum absolute atomic E-state index is 0.110. The highest BCUT2D eigenvalue weighted by atomic mass is 16.6. The van der Waals surface area contributed by atoms with Gasteiger partial charge in [-0.05, 0) is 40.7 Å². The highest BCUT2D eigenvalue weighted by molar-refractivity contribution is 5.78. The molecule has 0 saturated carbocycles. The number of carbonyl (C=O) groups is 2. The van der Waals surface area contributed by atoms with E-state index in [0.717, 1.165) is 13.1 Å². The lowest BCUT2D eigenvalue weighted by molar-refractivity contribution is -0.128. The molecule has 0 bridgehead atoms. The Labute approximate surface area is 139 Å². The van der Waals surface area contributed by atoms with Crippen molar-refractivity contribution in [2.45, 2.75) is 58.7 Å². The number of hydrogen-bond donors (Lipinski definition) is 0. The lowest BCUT2D eigenvalue weighted by Gasteiger charge is -2.44. The van der Waals surface area contributed by atoms with Crippen LogP contribution in [0.4, 0.5) is 4.79 Å². The third-order valence-electron chi connectivity index (χ3n) is 4.58. The average Bonchev–Trinajstić information content (AvgIpc) is 2.68. The Morgan fingerprint density at radius 1 is 1.22 bits per heavy atom. The van der Waals surface area contributed by atoms with Gasteiger partial charge in [-0.1, -0.05) is 6.92 Å². The molecular formula is C17H31N3O3. The van der Waals surface area contributed by atoms with Gasteiger partial charge in [-0.25, -0.2) is 4.79 Å². The van der Waals surface area contributed by atoms with Gasteiger partial charge < -0.3 is 14.5 Å². The van der Waals surface area contributed by atoms with Crippen molar-refractivity contribution in [2.75, 3.05) is 33.2 Å². The number of rotatable bonds is 2. The summed E-state index contributed by atoms with van der Waals surface area (Å²) in [5.74, 6) is 0.658. The second-order valence-electron chi connectivity index (χ2n) is 8.18. The number of carbonyl (C=O) groups excluding carboxylic acids is 2. The Hall–Kier alpha value is -1.30. The Kier molecular flexibility index (Phi) is 5.23. The molecule has 0 radical (unpaired) electrons. The van der Waals surface area contributed by atoms with Crippen LogP contribution in [0, 0.1) is 5.92 Å². The van der Waals surface area contributed by atoms with Gasteiger partial charge in [0.15, 0.2) is 0 Å². The van der Waals surface area contributed by atoms with Crippen molar-refractivity contribution in [3.8, 4) is 0 Å². The summed E-state index contributed by atoms with van der Waals surface area (Å²) < 4.78 is 5.53. The summed E-state index contributed by atoms with van der Waals surface area (Å²) in [6, 6.07) is 0.271.